The van der Waals surface area contributed by atoms with Gasteiger partial charge in [0.2, 0.25) is 11.9 Å². The van der Waals surface area contributed by atoms with E-state index >= 15 is 0 Å². The SMILES string of the molecule is CCCSc1ccc2[nH]c(NC(=O)CCNC(=O)OC(C)(C)C)nc2c1. The summed E-state index contributed by atoms with van der Waals surface area (Å²) in [6.07, 6.45) is 0.710. The van der Waals surface area contributed by atoms with Crippen LogP contribution >= 0.6 is 11.8 Å². The Labute approximate surface area is 157 Å². The molecule has 0 aliphatic carbocycles. The molecule has 0 fully saturated rings. The Morgan fingerprint density at radius 3 is 2.77 bits per heavy atom. The molecule has 26 heavy (non-hydrogen) atoms. The van der Waals surface area contributed by atoms with E-state index in [0.29, 0.717) is 5.95 Å². The van der Waals surface area contributed by atoms with Gasteiger partial charge in [-0.2, -0.15) is 0 Å². The van der Waals surface area contributed by atoms with E-state index < -0.39 is 11.7 Å². The molecule has 8 heteroatoms. The number of carbonyl (C=O) groups is 2. The number of H-pyrrole nitrogens is 1. The second-order valence-corrected chi connectivity index (χ2v) is 8.01. The van der Waals surface area contributed by atoms with Crippen LogP contribution in [0.4, 0.5) is 10.7 Å². The number of anilines is 1. The van der Waals surface area contributed by atoms with Gasteiger partial charge in [0.15, 0.2) is 0 Å². The van der Waals surface area contributed by atoms with Crippen LogP contribution in [0.25, 0.3) is 11.0 Å². The summed E-state index contributed by atoms with van der Waals surface area (Å²) in [6.45, 7) is 7.69. The number of nitrogens with zero attached hydrogens (tertiary/aromatic N) is 1. The van der Waals surface area contributed by atoms with Crippen LogP contribution < -0.4 is 10.6 Å². The number of hydrogen-bond donors (Lipinski definition) is 3. The van der Waals surface area contributed by atoms with E-state index in [1.54, 1.807) is 32.5 Å². The fraction of sp³-hybridized carbons (Fsp3) is 0.500. The van der Waals surface area contributed by atoms with Crippen LogP contribution in [-0.4, -0.2) is 39.9 Å². The second kappa shape index (κ2) is 8.93. The fourth-order valence-electron chi connectivity index (χ4n) is 2.14. The third-order valence-corrected chi connectivity index (χ3v) is 4.41. The van der Waals surface area contributed by atoms with Crippen molar-refractivity contribution >= 4 is 40.7 Å². The van der Waals surface area contributed by atoms with Gasteiger partial charge in [0.25, 0.3) is 0 Å². The molecule has 2 rings (SSSR count). The van der Waals surface area contributed by atoms with Gasteiger partial charge in [-0.3, -0.25) is 10.1 Å². The van der Waals surface area contributed by atoms with Gasteiger partial charge < -0.3 is 15.0 Å². The van der Waals surface area contributed by atoms with E-state index in [1.165, 1.54) is 0 Å². The van der Waals surface area contributed by atoms with Crippen molar-refractivity contribution in [3.8, 4) is 0 Å². The van der Waals surface area contributed by atoms with Crippen LogP contribution in [0, 0.1) is 0 Å². The van der Waals surface area contributed by atoms with Crippen molar-refractivity contribution in [2.45, 2.75) is 51.0 Å². The monoisotopic (exact) mass is 378 g/mol. The number of carbonyl (C=O) groups excluding carboxylic acids is 2. The molecule has 0 atom stereocenters. The number of thioether (sulfide) groups is 1. The highest BCUT2D eigenvalue weighted by Gasteiger charge is 2.16. The number of aromatic amines is 1. The highest BCUT2D eigenvalue weighted by atomic mass is 32.2. The van der Waals surface area contributed by atoms with Crippen LogP contribution in [0.2, 0.25) is 0 Å². The third kappa shape index (κ3) is 6.59. The Morgan fingerprint density at radius 2 is 2.08 bits per heavy atom. The minimum Gasteiger partial charge on any atom is -0.444 e. The molecule has 1 heterocycles. The van der Waals surface area contributed by atoms with Gasteiger partial charge in [0.1, 0.15) is 5.60 Å². The number of aromatic nitrogens is 2. The lowest BCUT2D eigenvalue weighted by Gasteiger charge is -2.19. The topological polar surface area (TPSA) is 96.1 Å². The van der Waals surface area contributed by atoms with E-state index in [0.717, 1.165) is 28.1 Å². The highest BCUT2D eigenvalue weighted by Crippen LogP contribution is 2.24. The molecule has 7 nitrogen and oxygen atoms in total. The number of benzene rings is 1. The molecule has 0 saturated heterocycles. The zero-order chi connectivity index (χ0) is 19.2. The first kappa shape index (κ1) is 20.1. The summed E-state index contributed by atoms with van der Waals surface area (Å²) in [5, 5.41) is 5.27. The first-order chi connectivity index (χ1) is 12.3. The minimum absolute atomic E-state index is 0.133. The van der Waals surface area contributed by atoms with Crippen LogP contribution in [-0.2, 0) is 9.53 Å². The predicted octanol–water partition coefficient (Wildman–Crippen LogP) is 3.92. The molecular weight excluding hydrogens is 352 g/mol. The normalized spacial score (nSPS) is 11.4. The first-order valence-corrected chi connectivity index (χ1v) is 9.64. The van der Waals surface area contributed by atoms with Gasteiger partial charge in [0, 0.05) is 17.9 Å². The maximum absolute atomic E-state index is 12.0. The molecule has 1 aromatic carbocycles. The molecule has 0 aliphatic heterocycles. The summed E-state index contributed by atoms with van der Waals surface area (Å²) in [4.78, 5) is 32.2. The Morgan fingerprint density at radius 1 is 1.31 bits per heavy atom. The Kier molecular flexibility index (Phi) is 6.90. The Balaban J connectivity index is 1.84. The van der Waals surface area contributed by atoms with Crippen LogP contribution in [0.15, 0.2) is 23.1 Å². The summed E-state index contributed by atoms with van der Waals surface area (Å²) in [5.41, 5.74) is 1.12. The van der Waals surface area contributed by atoms with Crippen molar-refractivity contribution in [2.75, 3.05) is 17.6 Å². The molecule has 0 spiro atoms. The maximum atomic E-state index is 12.0. The van der Waals surface area contributed by atoms with E-state index in [9.17, 15) is 9.59 Å². The number of ether oxygens (including phenoxy) is 1. The largest absolute Gasteiger partial charge is 0.444 e. The summed E-state index contributed by atoms with van der Waals surface area (Å²) < 4.78 is 5.11. The lowest BCUT2D eigenvalue weighted by Crippen LogP contribution is -2.34. The smallest absolute Gasteiger partial charge is 0.407 e. The summed E-state index contributed by atoms with van der Waals surface area (Å²) in [5.74, 6) is 1.23. The molecule has 0 aliphatic rings. The van der Waals surface area contributed by atoms with Gasteiger partial charge >= 0.3 is 6.09 Å². The predicted molar refractivity (Wildman–Crippen MR) is 105 cm³/mol. The molecule has 3 N–H and O–H groups in total. The highest BCUT2D eigenvalue weighted by molar-refractivity contribution is 7.99. The first-order valence-electron chi connectivity index (χ1n) is 8.66. The average Bonchev–Trinajstić information content (AvgIpc) is 2.92. The number of alkyl carbamates (subject to hydrolysis) is 1. The van der Waals surface area contributed by atoms with Crippen molar-refractivity contribution in [3.63, 3.8) is 0 Å². The Hall–Kier alpha value is -2.22. The van der Waals surface area contributed by atoms with Crippen molar-refractivity contribution < 1.29 is 14.3 Å². The van der Waals surface area contributed by atoms with Crippen LogP contribution in [0.5, 0.6) is 0 Å². The van der Waals surface area contributed by atoms with Gasteiger partial charge in [-0.05, 0) is 51.1 Å². The molecule has 1 aromatic heterocycles. The second-order valence-electron chi connectivity index (χ2n) is 6.84. The average molecular weight is 378 g/mol. The summed E-state index contributed by atoms with van der Waals surface area (Å²) in [7, 11) is 0. The fourth-order valence-corrected chi connectivity index (χ4v) is 2.94. The number of hydrogen-bond acceptors (Lipinski definition) is 5. The van der Waals surface area contributed by atoms with E-state index in [-0.39, 0.29) is 18.9 Å². The molecule has 2 amide bonds. The number of amides is 2. The van der Waals surface area contributed by atoms with Gasteiger partial charge in [-0.1, -0.05) is 6.92 Å². The number of imidazole rings is 1. The minimum atomic E-state index is -0.561. The van der Waals surface area contributed by atoms with Gasteiger partial charge in [-0.15, -0.1) is 11.8 Å². The maximum Gasteiger partial charge on any atom is 0.407 e. The molecule has 2 aromatic rings. The lowest BCUT2D eigenvalue weighted by atomic mass is 10.2. The van der Waals surface area contributed by atoms with Crippen molar-refractivity contribution in [1.29, 1.82) is 0 Å². The zero-order valence-corrected chi connectivity index (χ0v) is 16.5. The van der Waals surface area contributed by atoms with Crippen molar-refractivity contribution in [2.24, 2.45) is 0 Å². The number of rotatable bonds is 7. The number of fused-ring (bicyclic) bond motifs is 1. The Bertz CT molecular complexity index is 767. The molecule has 0 saturated carbocycles. The van der Waals surface area contributed by atoms with E-state index in [2.05, 4.69) is 27.5 Å². The van der Waals surface area contributed by atoms with E-state index in [1.807, 2.05) is 18.2 Å². The van der Waals surface area contributed by atoms with Gasteiger partial charge in [-0.25, -0.2) is 9.78 Å². The molecule has 0 bridgehead atoms. The molecule has 142 valence electrons. The molecule has 0 radical (unpaired) electrons. The summed E-state index contributed by atoms with van der Waals surface area (Å²) in [6, 6.07) is 6.00. The van der Waals surface area contributed by atoms with Crippen molar-refractivity contribution in [1.82, 2.24) is 15.3 Å². The molecular formula is C18H26N4O3S. The van der Waals surface area contributed by atoms with Gasteiger partial charge in [0.05, 0.1) is 11.0 Å². The van der Waals surface area contributed by atoms with Crippen molar-refractivity contribution in [3.05, 3.63) is 18.2 Å². The standard InChI is InChI=1S/C18H26N4O3S/c1-5-10-26-12-6-7-13-14(11-12)21-16(20-13)22-15(23)8-9-19-17(24)25-18(2,3)4/h6-7,11H,5,8-10H2,1-4H3,(H,19,24)(H2,20,21,22,23). The van der Waals surface area contributed by atoms with Crippen LogP contribution in [0.3, 0.4) is 0 Å². The zero-order valence-electron chi connectivity index (χ0n) is 15.6. The summed E-state index contributed by atoms with van der Waals surface area (Å²) >= 11 is 1.78. The van der Waals surface area contributed by atoms with E-state index in [4.69, 9.17) is 4.74 Å². The quantitative estimate of drug-likeness (QED) is 0.635. The number of nitrogens with one attached hydrogen (secondary N) is 3. The third-order valence-electron chi connectivity index (χ3n) is 3.21. The lowest BCUT2D eigenvalue weighted by molar-refractivity contribution is -0.116. The van der Waals surface area contributed by atoms with Crippen LogP contribution in [0.1, 0.15) is 40.5 Å². The molecule has 0 unspecified atom stereocenters.